The lowest BCUT2D eigenvalue weighted by atomic mass is 10.0. The number of benzene rings is 1. The molecule has 0 spiro atoms. The highest BCUT2D eigenvalue weighted by Crippen LogP contribution is 2.36. The minimum Gasteiger partial charge on any atom is -0.372 e. The first-order valence-electron chi connectivity index (χ1n) is 8.33. The summed E-state index contributed by atoms with van der Waals surface area (Å²) in [5.41, 5.74) is -3.85. The van der Waals surface area contributed by atoms with Crippen molar-refractivity contribution >= 4 is 14.1 Å². The van der Waals surface area contributed by atoms with E-state index in [-0.39, 0.29) is 32.4 Å². The Balaban J connectivity index is 2.21. The zero-order valence-electron chi connectivity index (χ0n) is 15.4. The Morgan fingerprint density at radius 3 is 2.21 bits per heavy atom. The molecule has 29 heavy (non-hydrogen) atoms. The van der Waals surface area contributed by atoms with Gasteiger partial charge >= 0.3 is 12.4 Å². The van der Waals surface area contributed by atoms with Crippen LogP contribution in [0.4, 0.5) is 26.3 Å². The van der Waals surface area contributed by atoms with Gasteiger partial charge in [-0.05, 0) is 32.3 Å². The molecule has 2 atom stereocenters. The van der Waals surface area contributed by atoms with E-state index >= 15 is 0 Å². The number of hydrogen-bond donors (Lipinski definition) is 0. The van der Waals surface area contributed by atoms with Crippen molar-refractivity contribution in [1.29, 1.82) is 0 Å². The summed E-state index contributed by atoms with van der Waals surface area (Å²) in [6, 6.07) is 0.748. The SMILES string of the molecule is CN(C)[PH](=O)OC[C@@H]1CN(C(=O)c2cc(C(F)(F)F)cc(C(F)(F)F)c2)CCO1. The van der Waals surface area contributed by atoms with Gasteiger partial charge in [0.05, 0.1) is 30.4 Å². The number of morpholine rings is 1. The van der Waals surface area contributed by atoms with Crippen LogP contribution in [0.1, 0.15) is 21.5 Å². The van der Waals surface area contributed by atoms with E-state index in [1.807, 2.05) is 0 Å². The smallest absolute Gasteiger partial charge is 0.372 e. The quantitative estimate of drug-likeness (QED) is 0.510. The van der Waals surface area contributed by atoms with Gasteiger partial charge in [-0.25, -0.2) is 4.67 Å². The molecule has 1 aromatic carbocycles. The maximum Gasteiger partial charge on any atom is 0.416 e. The fourth-order valence-corrected chi connectivity index (χ4v) is 3.15. The first-order valence-corrected chi connectivity index (χ1v) is 9.60. The zero-order chi connectivity index (χ0) is 22.0. The van der Waals surface area contributed by atoms with Crippen LogP contribution in [0.2, 0.25) is 0 Å². The first kappa shape index (κ1) is 23.7. The third-order valence-electron chi connectivity index (χ3n) is 4.02. The summed E-state index contributed by atoms with van der Waals surface area (Å²) in [7, 11) is 0.577. The second-order valence-corrected chi connectivity index (χ2v) is 8.22. The third kappa shape index (κ3) is 6.43. The summed E-state index contributed by atoms with van der Waals surface area (Å²) in [4.78, 5) is 13.7. The molecule has 0 radical (unpaired) electrons. The van der Waals surface area contributed by atoms with Crippen LogP contribution in [-0.4, -0.2) is 62.0 Å². The van der Waals surface area contributed by atoms with Crippen LogP contribution in [-0.2, 0) is 26.2 Å². The lowest BCUT2D eigenvalue weighted by molar-refractivity contribution is -0.143. The monoisotopic (exact) mass is 448 g/mol. The molecule has 6 nitrogen and oxygen atoms in total. The molecule has 13 heteroatoms. The van der Waals surface area contributed by atoms with Crippen molar-refractivity contribution in [2.75, 3.05) is 40.4 Å². The van der Waals surface area contributed by atoms with E-state index in [1.54, 1.807) is 0 Å². The van der Waals surface area contributed by atoms with Gasteiger partial charge in [0, 0.05) is 18.7 Å². The minimum absolute atomic E-state index is 0.00769. The number of halogens is 6. The van der Waals surface area contributed by atoms with E-state index < -0.39 is 49.2 Å². The van der Waals surface area contributed by atoms with Crippen molar-refractivity contribution < 1.29 is 45.0 Å². The van der Waals surface area contributed by atoms with Gasteiger partial charge < -0.3 is 14.2 Å². The molecular formula is C16H19F6N2O4P. The normalized spacial score (nSPS) is 19.5. The van der Waals surface area contributed by atoms with Crippen molar-refractivity contribution in [3.8, 4) is 0 Å². The lowest BCUT2D eigenvalue weighted by Crippen LogP contribution is -2.47. The second-order valence-electron chi connectivity index (χ2n) is 6.51. The number of amides is 1. The van der Waals surface area contributed by atoms with Crippen LogP contribution in [0.5, 0.6) is 0 Å². The van der Waals surface area contributed by atoms with Crippen molar-refractivity contribution in [3.63, 3.8) is 0 Å². The molecule has 0 bridgehead atoms. The Kier molecular flexibility index (Phi) is 7.37. The van der Waals surface area contributed by atoms with Gasteiger partial charge in [-0.2, -0.15) is 26.3 Å². The summed E-state index contributed by atoms with van der Waals surface area (Å²) in [6.45, 7) is -0.279. The molecule has 1 fully saturated rings. The van der Waals surface area contributed by atoms with Crippen LogP contribution in [0.3, 0.4) is 0 Å². The molecule has 1 amide bonds. The second kappa shape index (κ2) is 9.03. The van der Waals surface area contributed by atoms with Crippen LogP contribution in [0.15, 0.2) is 18.2 Å². The fraction of sp³-hybridized carbons (Fsp3) is 0.562. The van der Waals surface area contributed by atoms with E-state index in [1.165, 1.54) is 18.8 Å². The predicted molar refractivity (Wildman–Crippen MR) is 90.7 cm³/mol. The summed E-state index contributed by atoms with van der Waals surface area (Å²) in [6.07, 6.45) is -10.8. The first-order chi connectivity index (χ1) is 13.3. The molecule has 1 aliphatic rings. The highest BCUT2D eigenvalue weighted by atomic mass is 31.1. The minimum atomic E-state index is -5.05. The van der Waals surface area contributed by atoms with E-state index in [9.17, 15) is 35.7 Å². The number of ether oxygens (including phenoxy) is 1. The zero-order valence-corrected chi connectivity index (χ0v) is 16.4. The van der Waals surface area contributed by atoms with Crippen LogP contribution in [0, 0.1) is 0 Å². The molecule has 0 aromatic heterocycles. The molecule has 1 unspecified atom stereocenters. The van der Waals surface area contributed by atoms with Crippen molar-refractivity contribution in [2.45, 2.75) is 18.5 Å². The van der Waals surface area contributed by atoms with Crippen LogP contribution < -0.4 is 0 Å². The van der Waals surface area contributed by atoms with Gasteiger partial charge in [-0.15, -0.1) is 0 Å². The van der Waals surface area contributed by atoms with Gasteiger partial charge in [-0.3, -0.25) is 9.36 Å². The fourth-order valence-electron chi connectivity index (χ4n) is 2.56. The van der Waals surface area contributed by atoms with E-state index in [4.69, 9.17) is 9.26 Å². The Hall–Kier alpha value is -1.62. The van der Waals surface area contributed by atoms with Gasteiger partial charge in [0.15, 0.2) is 0 Å². The summed E-state index contributed by atoms with van der Waals surface area (Å²) in [5, 5.41) is 0. The van der Waals surface area contributed by atoms with Crippen molar-refractivity contribution in [3.05, 3.63) is 34.9 Å². The summed E-state index contributed by atoms with van der Waals surface area (Å²) < 4.78 is 101. The number of carbonyl (C=O) groups is 1. The lowest BCUT2D eigenvalue weighted by Gasteiger charge is -2.33. The average molecular weight is 448 g/mol. The molecule has 0 saturated carbocycles. The van der Waals surface area contributed by atoms with Crippen molar-refractivity contribution in [2.24, 2.45) is 0 Å². The van der Waals surface area contributed by atoms with Gasteiger partial charge in [-0.1, -0.05) is 0 Å². The van der Waals surface area contributed by atoms with Gasteiger partial charge in [0.2, 0.25) is 0 Å². The highest BCUT2D eigenvalue weighted by molar-refractivity contribution is 7.36. The van der Waals surface area contributed by atoms with E-state index in [2.05, 4.69) is 0 Å². The Morgan fingerprint density at radius 2 is 1.72 bits per heavy atom. The molecule has 1 heterocycles. The number of nitrogens with zero attached hydrogens (tertiary/aromatic N) is 2. The number of alkyl halides is 6. The molecule has 2 rings (SSSR count). The Morgan fingerprint density at radius 1 is 1.17 bits per heavy atom. The molecule has 0 aliphatic carbocycles. The van der Waals surface area contributed by atoms with E-state index in [0.717, 1.165) is 4.90 Å². The maximum absolute atomic E-state index is 13.0. The summed E-state index contributed by atoms with van der Waals surface area (Å²) >= 11 is 0. The molecule has 0 N–H and O–H groups in total. The third-order valence-corrected chi connectivity index (χ3v) is 5.16. The molecular weight excluding hydrogens is 429 g/mol. The standard InChI is InChI=1S/C16H19F6N2O4P/c1-23(2)29(26)28-9-13-8-24(3-4-27-13)14(25)10-5-11(15(17,18)19)7-12(6-10)16(20,21)22/h5-7,13,29H,3-4,8-9H2,1-2H3/t13-/m0/s1. The van der Waals surface area contributed by atoms with E-state index in [0.29, 0.717) is 12.1 Å². The Bertz CT molecular complexity index is 737. The molecule has 164 valence electrons. The molecule has 1 aromatic rings. The molecule has 1 saturated heterocycles. The van der Waals surface area contributed by atoms with Gasteiger partial charge in [0.25, 0.3) is 14.1 Å². The average Bonchev–Trinajstić information content (AvgIpc) is 2.63. The van der Waals surface area contributed by atoms with Crippen LogP contribution in [0.25, 0.3) is 0 Å². The predicted octanol–water partition coefficient (Wildman–Crippen LogP) is 3.53. The Labute approximate surface area is 163 Å². The maximum atomic E-state index is 13.0. The highest BCUT2D eigenvalue weighted by Gasteiger charge is 2.38. The summed E-state index contributed by atoms with van der Waals surface area (Å²) in [5.74, 6) is -0.991. The van der Waals surface area contributed by atoms with Gasteiger partial charge in [0.1, 0.15) is 0 Å². The number of carbonyl (C=O) groups excluding carboxylic acids is 1. The topological polar surface area (TPSA) is 59.1 Å². The number of rotatable bonds is 5. The number of hydrogen-bond acceptors (Lipinski definition) is 4. The van der Waals surface area contributed by atoms with Crippen molar-refractivity contribution in [1.82, 2.24) is 9.57 Å². The molecule has 1 aliphatic heterocycles. The largest absolute Gasteiger partial charge is 0.416 e. The van der Waals surface area contributed by atoms with Crippen LogP contribution >= 0.6 is 8.18 Å².